The van der Waals surface area contributed by atoms with Crippen molar-refractivity contribution in [3.05, 3.63) is 57.2 Å². The van der Waals surface area contributed by atoms with Gasteiger partial charge in [-0.05, 0) is 29.1 Å². The molecule has 116 valence electrons. The highest BCUT2D eigenvalue weighted by Crippen LogP contribution is 2.45. The fraction of sp³-hybridized carbons (Fsp3) is 0.333. The minimum atomic E-state index is -3.12. The molecule has 1 aliphatic heterocycles. The van der Waals surface area contributed by atoms with Crippen molar-refractivity contribution in [3.8, 4) is 0 Å². The number of thiophene rings is 1. The lowest BCUT2D eigenvalue weighted by molar-refractivity contribution is 0.463. The summed E-state index contributed by atoms with van der Waals surface area (Å²) in [6.07, 6.45) is 1.26. The molecule has 0 saturated carbocycles. The lowest BCUT2D eigenvalue weighted by Gasteiger charge is -2.20. The van der Waals surface area contributed by atoms with Gasteiger partial charge in [0.2, 0.25) is 0 Å². The number of hydrogen-bond donors (Lipinski definition) is 0. The Labute approximate surface area is 138 Å². The molecule has 7 heteroatoms. The first kappa shape index (κ1) is 15.6. The molecule has 0 N–H and O–H groups in total. The van der Waals surface area contributed by atoms with Crippen molar-refractivity contribution in [3.63, 3.8) is 0 Å². The van der Waals surface area contributed by atoms with E-state index >= 15 is 0 Å². The first-order valence-electron chi connectivity index (χ1n) is 6.80. The third-order valence-electron chi connectivity index (χ3n) is 3.67. The van der Waals surface area contributed by atoms with Gasteiger partial charge in [-0.3, -0.25) is 0 Å². The van der Waals surface area contributed by atoms with Gasteiger partial charge in [0.05, 0.1) is 5.75 Å². The smallest absolute Gasteiger partial charge is 0.147 e. The number of sulfone groups is 1. The van der Waals surface area contributed by atoms with Crippen LogP contribution in [-0.4, -0.2) is 20.4 Å². The van der Waals surface area contributed by atoms with Crippen LogP contribution in [0.25, 0.3) is 0 Å². The van der Waals surface area contributed by atoms with Gasteiger partial charge < -0.3 is 0 Å². The highest BCUT2D eigenvalue weighted by molar-refractivity contribution is 7.90. The second-order valence-electron chi connectivity index (χ2n) is 5.44. The lowest BCUT2D eigenvalue weighted by Crippen LogP contribution is -2.22. The highest BCUT2D eigenvalue weighted by Gasteiger charge is 2.39. The van der Waals surface area contributed by atoms with Crippen molar-refractivity contribution in [2.75, 3.05) is 12.0 Å². The maximum atomic E-state index is 11.8. The van der Waals surface area contributed by atoms with Crippen molar-refractivity contribution < 1.29 is 8.42 Å². The lowest BCUT2D eigenvalue weighted by atomic mass is 9.90. The molecule has 3 atom stereocenters. The number of azo groups is 1. The molecule has 0 aliphatic carbocycles. The van der Waals surface area contributed by atoms with Crippen LogP contribution in [0.3, 0.4) is 0 Å². The molecule has 0 spiro atoms. The fourth-order valence-corrected chi connectivity index (χ4v) is 4.74. The molecule has 0 fully saturated rings. The zero-order valence-electron chi connectivity index (χ0n) is 11.9. The van der Waals surface area contributed by atoms with Gasteiger partial charge in [-0.25, -0.2) is 8.42 Å². The molecule has 1 aromatic heterocycles. The number of halogens is 1. The summed E-state index contributed by atoms with van der Waals surface area (Å²) in [6.45, 7) is 0. The molecule has 2 heterocycles. The van der Waals surface area contributed by atoms with Crippen LogP contribution >= 0.6 is 22.9 Å². The third-order valence-corrected chi connectivity index (χ3v) is 5.85. The summed E-state index contributed by atoms with van der Waals surface area (Å²) in [7, 11) is -3.12. The average molecular weight is 355 g/mol. The van der Waals surface area contributed by atoms with E-state index in [0.29, 0.717) is 5.02 Å². The zero-order chi connectivity index (χ0) is 15.7. The molecule has 0 radical (unpaired) electrons. The van der Waals surface area contributed by atoms with Gasteiger partial charge in [0, 0.05) is 22.1 Å². The first-order chi connectivity index (χ1) is 10.4. The normalized spacial score (nSPS) is 24.7. The maximum Gasteiger partial charge on any atom is 0.147 e. The number of rotatable bonds is 4. The quantitative estimate of drug-likeness (QED) is 0.821. The van der Waals surface area contributed by atoms with Gasteiger partial charge in [-0.15, -0.1) is 11.3 Å². The van der Waals surface area contributed by atoms with Crippen LogP contribution in [0.1, 0.15) is 22.5 Å². The molecule has 3 rings (SSSR count). The second kappa shape index (κ2) is 6.10. The molecule has 4 nitrogen and oxygen atoms in total. The monoisotopic (exact) mass is 354 g/mol. The standard InChI is InChI=1S/C15H15ClN2O2S2/c1-22(19,20)9-12-14(10-4-6-11(16)7-5-10)17-18-15(12)13-3-2-8-21-13/h2-8,12,14-15H,9H2,1H3. The zero-order valence-corrected chi connectivity index (χ0v) is 14.3. The predicted octanol–water partition coefficient (Wildman–Crippen LogP) is 4.31. The van der Waals surface area contributed by atoms with Crippen LogP contribution in [0.5, 0.6) is 0 Å². The van der Waals surface area contributed by atoms with Crippen molar-refractivity contribution in [2.24, 2.45) is 16.1 Å². The van der Waals surface area contributed by atoms with Crippen LogP contribution < -0.4 is 0 Å². The Bertz CT molecular complexity index is 770. The van der Waals surface area contributed by atoms with E-state index in [9.17, 15) is 8.42 Å². The van der Waals surface area contributed by atoms with E-state index in [-0.39, 0.29) is 23.8 Å². The summed E-state index contributed by atoms with van der Waals surface area (Å²) in [5.74, 6) is -0.120. The molecular formula is C15H15ClN2O2S2. The highest BCUT2D eigenvalue weighted by atomic mass is 35.5. The molecule has 22 heavy (non-hydrogen) atoms. The first-order valence-corrected chi connectivity index (χ1v) is 10.1. The molecule has 1 aliphatic rings. The van der Waals surface area contributed by atoms with Gasteiger partial charge >= 0.3 is 0 Å². The summed E-state index contributed by atoms with van der Waals surface area (Å²) in [5, 5.41) is 11.3. The van der Waals surface area contributed by atoms with Crippen molar-refractivity contribution in [1.82, 2.24) is 0 Å². The Morgan fingerprint density at radius 1 is 1.14 bits per heavy atom. The Hall–Kier alpha value is -1.24. The van der Waals surface area contributed by atoms with Gasteiger partial charge in [0.15, 0.2) is 0 Å². The van der Waals surface area contributed by atoms with Crippen LogP contribution in [0.2, 0.25) is 5.02 Å². The molecule has 2 aromatic rings. The van der Waals surface area contributed by atoms with Gasteiger partial charge in [0.1, 0.15) is 21.9 Å². The summed E-state index contributed by atoms with van der Waals surface area (Å²) in [4.78, 5) is 1.05. The van der Waals surface area contributed by atoms with E-state index in [0.717, 1.165) is 10.4 Å². The topological polar surface area (TPSA) is 58.9 Å². The van der Waals surface area contributed by atoms with Crippen LogP contribution in [0, 0.1) is 5.92 Å². The van der Waals surface area contributed by atoms with E-state index in [1.54, 1.807) is 23.5 Å². The van der Waals surface area contributed by atoms with Crippen molar-refractivity contribution in [2.45, 2.75) is 12.1 Å². The third kappa shape index (κ3) is 3.39. The van der Waals surface area contributed by atoms with Gasteiger partial charge in [-0.1, -0.05) is 29.8 Å². The summed E-state index contributed by atoms with van der Waals surface area (Å²) in [6, 6.07) is 10.8. The molecule has 1 aromatic carbocycles. The van der Waals surface area contributed by atoms with Crippen LogP contribution in [0.15, 0.2) is 52.0 Å². The van der Waals surface area contributed by atoms with E-state index < -0.39 is 9.84 Å². The Morgan fingerprint density at radius 3 is 2.41 bits per heavy atom. The number of benzene rings is 1. The van der Waals surface area contributed by atoms with E-state index in [2.05, 4.69) is 10.2 Å². The molecular weight excluding hydrogens is 340 g/mol. The number of nitrogens with zero attached hydrogens (tertiary/aromatic N) is 2. The maximum absolute atomic E-state index is 11.8. The summed E-state index contributed by atoms with van der Waals surface area (Å²) in [5.41, 5.74) is 0.945. The summed E-state index contributed by atoms with van der Waals surface area (Å²) >= 11 is 7.50. The molecule has 3 unspecified atom stereocenters. The SMILES string of the molecule is CS(=O)(=O)CC1C(c2ccc(Cl)cc2)N=NC1c1cccs1. The summed E-state index contributed by atoms with van der Waals surface area (Å²) < 4.78 is 23.7. The Morgan fingerprint density at radius 2 is 1.82 bits per heavy atom. The Balaban J connectivity index is 1.95. The molecule has 0 saturated heterocycles. The number of hydrogen-bond acceptors (Lipinski definition) is 5. The largest absolute Gasteiger partial charge is 0.229 e. The van der Waals surface area contributed by atoms with E-state index in [4.69, 9.17) is 11.6 Å². The fourth-order valence-electron chi connectivity index (χ4n) is 2.72. The van der Waals surface area contributed by atoms with Crippen LogP contribution in [-0.2, 0) is 9.84 Å². The van der Waals surface area contributed by atoms with E-state index in [1.165, 1.54) is 6.26 Å². The average Bonchev–Trinajstić information content (AvgIpc) is 3.07. The van der Waals surface area contributed by atoms with Crippen LogP contribution in [0.4, 0.5) is 0 Å². The predicted molar refractivity (Wildman–Crippen MR) is 89.3 cm³/mol. The van der Waals surface area contributed by atoms with Crippen molar-refractivity contribution in [1.29, 1.82) is 0 Å². The Kier molecular flexibility index (Phi) is 4.34. The second-order valence-corrected chi connectivity index (χ2v) is 9.04. The minimum absolute atomic E-state index is 0.0653. The molecule has 0 bridgehead atoms. The van der Waals surface area contributed by atoms with Gasteiger partial charge in [0.25, 0.3) is 0 Å². The van der Waals surface area contributed by atoms with E-state index in [1.807, 2.05) is 29.6 Å². The van der Waals surface area contributed by atoms with Gasteiger partial charge in [-0.2, -0.15) is 10.2 Å². The van der Waals surface area contributed by atoms with Crippen molar-refractivity contribution >= 4 is 32.8 Å². The minimum Gasteiger partial charge on any atom is -0.229 e. The molecule has 0 amide bonds.